The van der Waals surface area contributed by atoms with Gasteiger partial charge < -0.3 is 5.11 Å². The number of aliphatic hydroxyl groups excluding tert-OH is 1. The molecule has 3 heteroatoms. The molecule has 0 aliphatic rings. The minimum absolute atomic E-state index is 0.550. The minimum atomic E-state index is -0.550. The first-order valence-electron chi connectivity index (χ1n) is 5.26. The standard InChI is InChI=1S/C13H15NOS/c1-8-4-5-11(6-9(8)2)13(15)12-7-10(3)14-16-12/h4-7,13,15H,1-3H3/t13-/m0/s1. The summed E-state index contributed by atoms with van der Waals surface area (Å²) in [5, 5.41) is 10.2. The normalized spacial score (nSPS) is 12.8. The SMILES string of the molecule is Cc1cc([C@@H](O)c2ccc(C)c(C)c2)sn1. The number of benzene rings is 1. The predicted octanol–water partition coefficient (Wildman–Crippen LogP) is 3.15. The van der Waals surface area contributed by atoms with Crippen LogP contribution in [0.15, 0.2) is 24.3 Å². The lowest BCUT2D eigenvalue weighted by molar-refractivity contribution is 0.224. The molecule has 0 saturated carbocycles. The van der Waals surface area contributed by atoms with Crippen LogP contribution in [0.3, 0.4) is 0 Å². The van der Waals surface area contributed by atoms with Crippen molar-refractivity contribution < 1.29 is 5.11 Å². The first-order valence-corrected chi connectivity index (χ1v) is 6.03. The van der Waals surface area contributed by atoms with E-state index in [0.717, 1.165) is 16.1 Å². The number of hydrogen-bond donors (Lipinski definition) is 1. The van der Waals surface area contributed by atoms with Crippen LogP contribution < -0.4 is 0 Å². The minimum Gasteiger partial charge on any atom is -0.383 e. The van der Waals surface area contributed by atoms with Gasteiger partial charge in [0.1, 0.15) is 6.10 Å². The highest BCUT2D eigenvalue weighted by atomic mass is 32.1. The maximum atomic E-state index is 10.2. The summed E-state index contributed by atoms with van der Waals surface area (Å²) in [7, 11) is 0. The Morgan fingerprint density at radius 3 is 2.44 bits per heavy atom. The van der Waals surface area contributed by atoms with E-state index in [-0.39, 0.29) is 0 Å². The fraction of sp³-hybridized carbons (Fsp3) is 0.308. The largest absolute Gasteiger partial charge is 0.383 e. The van der Waals surface area contributed by atoms with Crippen molar-refractivity contribution in [2.45, 2.75) is 26.9 Å². The summed E-state index contributed by atoms with van der Waals surface area (Å²) >= 11 is 1.36. The average molecular weight is 233 g/mol. The zero-order valence-electron chi connectivity index (χ0n) is 9.69. The van der Waals surface area contributed by atoms with Crippen molar-refractivity contribution in [2.75, 3.05) is 0 Å². The van der Waals surface area contributed by atoms with E-state index < -0.39 is 6.10 Å². The quantitative estimate of drug-likeness (QED) is 0.864. The Labute approximate surface area is 99.7 Å². The van der Waals surface area contributed by atoms with Gasteiger partial charge in [-0.3, -0.25) is 0 Å². The molecule has 84 valence electrons. The fourth-order valence-corrected chi connectivity index (χ4v) is 2.37. The highest BCUT2D eigenvalue weighted by Gasteiger charge is 2.13. The van der Waals surface area contributed by atoms with Crippen LogP contribution in [-0.4, -0.2) is 9.48 Å². The summed E-state index contributed by atoms with van der Waals surface area (Å²) in [5.41, 5.74) is 4.35. The number of aliphatic hydroxyl groups is 1. The Morgan fingerprint density at radius 1 is 1.12 bits per heavy atom. The lowest BCUT2D eigenvalue weighted by Crippen LogP contribution is -1.98. The molecule has 0 aliphatic heterocycles. The Bertz CT molecular complexity index is 504. The second kappa shape index (κ2) is 4.36. The molecule has 1 atom stereocenters. The Balaban J connectivity index is 2.33. The van der Waals surface area contributed by atoms with E-state index in [1.54, 1.807) is 0 Å². The van der Waals surface area contributed by atoms with E-state index in [2.05, 4.69) is 18.2 Å². The van der Waals surface area contributed by atoms with Gasteiger partial charge in [-0.25, -0.2) is 0 Å². The molecule has 1 heterocycles. The summed E-state index contributed by atoms with van der Waals surface area (Å²) in [6.07, 6.45) is -0.550. The molecule has 0 amide bonds. The van der Waals surface area contributed by atoms with Gasteiger partial charge >= 0.3 is 0 Å². The number of rotatable bonds is 2. The van der Waals surface area contributed by atoms with Crippen LogP contribution in [0.2, 0.25) is 0 Å². The van der Waals surface area contributed by atoms with E-state index >= 15 is 0 Å². The zero-order valence-corrected chi connectivity index (χ0v) is 10.5. The zero-order chi connectivity index (χ0) is 11.7. The third-order valence-corrected chi connectivity index (χ3v) is 3.69. The molecular weight excluding hydrogens is 218 g/mol. The number of aromatic nitrogens is 1. The van der Waals surface area contributed by atoms with Crippen LogP contribution in [0, 0.1) is 20.8 Å². The predicted molar refractivity (Wildman–Crippen MR) is 66.8 cm³/mol. The molecule has 2 rings (SSSR count). The third-order valence-electron chi connectivity index (χ3n) is 2.76. The molecule has 0 spiro atoms. The van der Waals surface area contributed by atoms with Crippen molar-refractivity contribution in [1.29, 1.82) is 0 Å². The van der Waals surface area contributed by atoms with Crippen LogP contribution in [0.5, 0.6) is 0 Å². The summed E-state index contributed by atoms with van der Waals surface area (Å²) in [5.74, 6) is 0. The van der Waals surface area contributed by atoms with Gasteiger partial charge in [0.15, 0.2) is 0 Å². The number of hydrogen-bond acceptors (Lipinski definition) is 3. The second-order valence-corrected chi connectivity index (χ2v) is 4.95. The maximum absolute atomic E-state index is 10.2. The molecule has 1 N–H and O–H groups in total. The molecule has 0 aliphatic carbocycles. The Kier molecular flexibility index (Phi) is 3.08. The molecular formula is C13H15NOS. The first kappa shape index (κ1) is 11.3. The second-order valence-electron chi connectivity index (χ2n) is 4.12. The highest BCUT2D eigenvalue weighted by Crippen LogP contribution is 2.26. The molecule has 1 aromatic carbocycles. The Hall–Kier alpha value is -1.19. The van der Waals surface area contributed by atoms with Crippen molar-refractivity contribution in [3.05, 3.63) is 51.5 Å². The van der Waals surface area contributed by atoms with Crippen molar-refractivity contribution in [3.8, 4) is 0 Å². The van der Waals surface area contributed by atoms with Gasteiger partial charge in [0.2, 0.25) is 0 Å². The summed E-state index contributed by atoms with van der Waals surface area (Å²) in [4.78, 5) is 0.903. The lowest BCUT2D eigenvalue weighted by atomic mass is 10.0. The topological polar surface area (TPSA) is 33.1 Å². The molecule has 0 bridgehead atoms. The highest BCUT2D eigenvalue weighted by molar-refractivity contribution is 7.05. The van der Waals surface area contributed by atoms with Crippen LogP contribution in [0.4, 0.5) is 0 Å². The van der Waals surface area contributed by atoms with E-state index in [0.29, 0.717) is 0 Å². The number of aryl methyl sites for hydroxylation is 3. The van der Waals surface area contributed by atoms with Crippen LogP contribution in [0.1, 0.15) is 33.4 Å². The lowest BCUT2D eigenvalue weighted by Gasteiger charge is -2.10. The maximum Gasteiger partial charge on any atom is 0.115 e. The Morgan fingerprint density at radius 2 is 1.88 bits per heavy atom. The smallest absolute Gasteiger partial charge is 0.115 e. The van der Waals surface area contributed by atoms with Crippen molar-refractivity contribution in [3.63, 3.8) is 0 Å². The molecule has 2 aromatic rings. The van der Waals surface area contributed by atoms with E-state index in [1.165, 1.54) is 22.7 Å². The first-order chi connectivity index (χ1) is 7.58. The van der Waals surface area contributed by atoms with Crippen molar-refractivity contribution in [2.24, 2.45) is 0 Å². The summed E-state index contributed by atoms with van der Waals surface area (Å²) in [6.45, 7) is 6.07. The van der Waals surface area contributed by atoms with Gasteiger partial charge in [-0.2, -0.15) is 4.37 Å². The van der Waals surface area contributed by atoms with Gasteiger partial charge in [0.25, 0.3) is 0 Å². The van der Waals surface area contributed by atoms with Crippen molar-refractivity contribution >= 4 is 11.5 Å². The van der Waals surface area contributed by atoms with E-state index in [9.17, 15) is 5.11 Å². The van der Waals surface area contributed by atoms with Gasteiger partial charge in [-0.05, 0) is 55.1 Å². The molecule has 0 radical (unpaired) electrons. The van der Waals surface area contributed by atoms with Crippen LogP contribution >= 0.6 is 11.5 Å². The molecule has 0 fully saturated rings. The van der Waals surface area contributed by atoms with Crippen LogP contribution in [0.25, 0.3) is 0 Å². The number of nitrogens with zero attached hydrogens (tertiary/aromatic N) is 1. The van der Waals surface area contributed by atoms with E-state index in [4.69, 9.17) is 0 Å². The fourth-order valence-electron chi connectivity index (χ4n) is 1.61. The van der Waals surface area contributed by atoms with Gasteiger partial charge in [-0.15, -0.1) is 0 Å². The van der Waals surface area contributed by atoms with Crippen LogP contribution in [-0.2, 0) is 0 Å². The van der Waals surface area contributed by atoms with Crippen molar-refractivity contribution in [1.82, 2.24) is 4.37 Å². The molecule has 0 saturated heterocycles. The van der Waals surface area contributed by atoms with Gasteiger partial charge in [0, 0.05) is 0 Å². The van der Waals surface area contributed by atoms with Gasteiger partial charge in [-0.1, -0.05) is 18.2 Å². The summed E-state index contributed by atoms with van der Waals surface area (Å²) in [6, 6.07) is 7.99. The molecule has 1 aromatic heterocycles. The van der Waals surface area contributed by atoms with E-state index in [1.807, 2.05) is 31.2 Å². The average Bonchev–Trinajstić information content (AvgIpc) is 2.68. The van der Waals surface area contributed by atoms with Gasteiger partial charge in [0.05, 0.1) is 10.6 Å². The molecule has 16 heavy (non-hydrogen) atoms. The summed E-state index contributed by atoms with van der Waals surface area (Å²) < 4.78 is 4.18. The monoisotopic (exact) mass is 233 g/mol. The third kappa shape index (κ3) is 2.15. The molecule has 0 unspecified atom stereocenters. The molecule has 2 nitrogen and oxygen atoms in total.